The van der Waals surface area contributed by atoms with Crippen LogP contribution in [-0.4, -0.2) is 12.3 Å². The van der Waals surface area contributed by atoms with Gasteiger partial charge in [0.25, 0.3) is 6.08 Å². The van der Waals surface area contributed by atoms with Gasteiger partial charge in [-0.3, -0.25) is 4.79 Å². The lowest BCUT2D eigenvalue weighted by Gasteiger charge is -2.37. The molecule has 2 aliphatic rings. The maximum absolute atomic E-state index is 12.0. The summed E-state index contributed by atoms with van der Waals surface area (Å²) in [5, 5.41) is 0. The van der Waals surface area contributed by atoms with Crippen LogP contribution in [0.1, 0.15) is 64.2 Å². The monoisotopic (exact) mass is 327 g/mol. The van der Waals surface area contributed by atoms with Gasteiger partial charge in [-0.25, -0.2) is 0 Å². The number of nitrogens with two attached hydrogens (primary N) is 1. The second-order valence-electron chi connectivity index (χ2n) is 6.90. The molecule has 0 amide bonds. The summed E-state index contributed by atoms with van der Waals surface area (Å²) < 4.78 is 24.0. The van der Waals surface area contributed by atoms with E-state index in [1.165, 1.54) is 57.4 Å². The number of carbonyl (C=O) groups excluding carboxylic acids is 1. The molecule has 0 radical (unpaired) electrons. The SMILES string of the molecule is C=CC=O.NC1CCC(C2CCC(CCC=C(F)F)CC2)CC1. The first-order valence-electron chi connectivity index (χ1n) is 8.89. The van der Waals surface area contributed by atoms with Crippen molar-refractivity contribution in [1.82, 2.24) is 0 Å². The van der Waals surface area contributed by atoms with Gasteiger partial charge in [0.1, 0.15) is 6.29 Å². The Morgan fingerprint density at radius 2 is 1.48 bits per heavy atom. The van der Waals surface area contributed by atoms with E-state index >= 15 is 0 Å². The average molecular weight is 327 g/mol. The van der Waals surface area contributed by atoms with Gasteiger partial charge < -0.3 is 5.73 Å². The summed E-state index contributed by atoms with van der Waals surface area (Å²) in [5.74, 6) is 2.46. The van der Waals surface area contributed by atoms with Gasteiger partial charge in [0.05, 0.1) is 0 Å². The Kier molecular flexibility index (Phi) is 10.0. The number of carbonyl (C=O) groups is 1. The van der Waals surface area contributed by atoms with Crippen LogP contribution >= 0.6 is 0 Å². The fraction of sp³-hybridized carbons (Fsp3) is 0.737. The van der Waals surface area contributed by atoms with E-state index in [9.17, 15) is 8.78 Å². The molecular formula is C19H31F2NO. The molecule has 2 nitrogen and oxygen atoms in total. The Morgan fingerprint density at radius 1 is 1.00 bits per heavy atom. The van der Waals surface area contributed by atoms with Crippen LogP contribution in [0, 0.1) is 17.8 Å². The molecule has 0 spiro atoms. The van der Waals surface area contributed by atoms with Gasteiger partial charge in [0.15, 0.2) is 0 Å². The van der Waals surface area contributed by atoms with Gasteiger partial charge in [0.2, 0.25) is 0 Å². The van der Waals surface area contributed by atoms with Crippen LogP contribution in [0.25, 0.3) is 0 Å². The van der Waals surface area contributed by atoms with Gasteiger partial charge in [-0.1, -0.05) is 19.4 Å². The zero-order valence-electron chi connectivity index (χ0n) is 14.1. The Morgan fingerprint density at radius 3 is 1.91 bits per heavy atom. The highest BCUT2D eigenvalue weighted by Crippen LogP contribution is 2.40. The quantitative estimate of drug-likeness (QED) is 0.554. The predicted molar refractivity (Wildman–Crippen MR) is 91.2 cm³/mol. The second kappa shape index (κ2) is 11.5. The van der Waals surface area contributed by atoms with Crippen LogP contribution in [0.3, 0.4) is 0 Å². The molecule has 0 aliphatic heterocycles. The van der Waals surface area contributed by atoms with Crippen LogP contribution in [0.2, 0.25) is 0 Å². The van der Waals surface area contributed by atoms with E-state index in [-0.39, 0.29) is 0 Å². The number of allylic oxidation sites excluding steroid dienone is 2. The smallest absolute Gasteiger partial charge is 0.266 e. The van der Waals surface area contributed by atoms with Crippen LogP contribution in [-0.2, 0) is 4.79 Å². The summed E-state index contributed by atoms with van der Waals surface area (Å²) in [6, 6.07) is 0.440. The van der Waals surface area contributed by atoms with Crippen molar-refractivity contribution in [2.45, 2.75) is 70.3 Å². The standard InChI is InChI=1S/C16H27F2N.C3H4O/c17-16(18)3-1-2-12-4-6-13(7-5-12)14-8-10-15(19)11-9-14;1-2-3-4/h3,12-15H,1-2,4-11,19H2;2-3H,1H2. The minimum Gasteiger partial charge on any atom is -0.328 e. The normalized spacial score (nSPS) is 30.6. The number of aldehydes is 1. The lowest BCUT2D eigenvalue weighted by Crippen LogP contribution is -2.31. The summed E-state index contributed by atoms with van der Waals surface area (Å²) >= 11 is 0. The Balaban J connectivity index is 0.000000593. The molecule has 2 saturated carbocycles. The molecule has 2 N–H and O–H groups in total. The van der Waals surface area contributed by atoms with E-state index in [4.69, 9.17) is 10.5 Å². The molecule has 0 unspecified atom stereocenters. The highest BCUT2D eigenvalue weighted by molar-refractivity contribution is 5.63. The van der Waals surface area contributed by atoms with Crippen molar-refractivity contribution in [3.8, 4) is 0 Å². The minimum absolute atomic E-state index is 0.440. The molecular weight excluding hydrogens is 296 g/mol. The third-order valence-corrected chi connectivity index (χ3v) is 5.34. The topological polar surface area (TPSA) is 43.1 Å². The first kappa shape index (κ1) is 20.0. The summed E-state index contributed by atoms with van der Waals surface area (Å²) in [6.45, 7) is 3.11. The van der Waals surface area contributed by atoms with E-state index in [0.29, 0.717) is 24.7 Å². The second-order valence-corrected chi connectivity index (χ2v) is 6.90. The van der Waals surface area contributed by atoms with Crippen LogP contribution < -0.4 is 5.73 Å². The zero-order chi connectivity index (χ0) is 17.1. The molecule has 2 aliphatic carbocycles. The maximum atomic E-state index is 12.0. The highest BCUT2D eigenvalue weighted by atomic mass is 19.3. The van der Waals surface area contributed by atoms with Crippen molar-refractivity contribution in [2.75, 3.05) is 0 Å². The van der Waals surface area contributed by atoms with Crippen molar-refractivity contribution in [3.63, 3.8) is 0 Å². The van der Waals surface area contributed by atoms with Crippen LogP contribution in [0.15, 0.2) is 24.8 Å². The van der Waals surface area contributed by atoms with Gasteiger partial charge in [-0.15, -0.1) is 0 Å². The van der Waals surface area contributed by atoms with E-state index < -0.39 is 6.08 Å². The van der Waals surface area contributed by atoms with E-state index in [1.807, 2.05) is 0 Å². The molecule has 0 bridgehead atoms. The van der Waals surface area contributed by atoms with Gasteiger partial charge >= 0.3 is 0 Å². The zero-order valence-corrected chi connectivity index (χ0v) is 14.1. The van der Waals surface area contributed by atoms with Gasteiger partial charge in [-0.05, 0) is 81.3 Å². The lowest BCUT2D eigenvalue weighted by atomic mass is 9.70. The number of hydrogen-bond donors (Lipinski definition) is 1. The van der Waals surface area contributed by atoms with E-state index in [1.54, 1.807) is 0 Å². The number of halogens is 2. The van der Waals surface area contributed by atoms with E-state index in [2.05, 4.69) is 6.58 Å². The first-order valence-corrected chi connectivity index (χ1v) is 8.89. The van der Waals surface area contributed by atoms with E-state index in [0.717, 1.165) is 24.3 Å². The molecule has 0 aromatic carbocycles. The lowest BCUT2D eigenvalue weighted by molar-refractivity contribution is -0.104. The van der Waals surface area contributed by atoms with Crippen LogP contribution in [0.4, 0.5) is 8.78 Å². The van der Waals surface area contributed by atoms with Crippen molar-refractivity contribution in [3.05, 3.63) is 24.8 Å². The molecule has 2 fully saturated rings. The number of hydrogen-bond acceptors (Lipinski definition) is 2. The molecule has 23 heavy (non-hydrogen) atoms. The summed E-state index contributed by atoms with van der Waals surface area (Å²) in [6.07, 6.45) is 13.0. The fourth-order valence-electron chi connectivity index (χ4n) is 3.99. The molecule has 2 rings (SSSR count). The highest BCUT2D eigenvalue weighted by Gasteiger charge is 2.29. The minimum atomic E-state index is -1.52. The fourth-order valence-corrected chi connectivity index (χ4v) is 3.99. The van der Waals surface area contributed by atoms with Crippen molar-refractivity contribution in [1.29, 1.82) is 0 Å². The summed E-state index contributed by atoms with van der Waals surface area (Å²) in [4.78, 5) is 9.06. The summed E-state index contributed by atoms with van der Waals surface area (Å²) in [7, 11) is 0. The molecule has 0 atom stereocenters. The molecule has 4 heteroatoms. The predicted octanol–water partition coefficient (Wildman–Crippen LogP) is 5.24. The third-order valence-electron chi connectivity index (χ3n) is 5.34. The number of rotatable bonds is 5. The first-order chi connectivity index (χ1) is 11.1. The average Bonchev–Trinajstić information content (AvgIpc) is 2.56. The third kappa shape index (κ3) is 8.40. The Bertz CT molecular complexity index is 358. The Labute approximate surface area is 139 Å². The summed E-state index contributed by atoms with van der Waals surface area (Å²) in [5.41, 5.74) is 5.96. The molecule has 132 valence electrons. The van der Waals surface area contributed by atoms with Gasteiger partial charge in [-0.2, -0.15) is 8.78 Å². The maximum Gasteiger partial charge on any atom is 0.266 e. The van der Waals surface area contributed by atoms with Gasteiger partial charge in [0, 0.05) is 6.04 Å². The molecule has 0 saturated heterocycles. The van der Waals surface area contributed by atoms with Crippen molar-refractivity contribution in [2.24, 2.45) is 23.5 Å². The van der Waals surface area contributed by atoms with Crippen molar-refractivity contribution >= 4 is 6.29 Å². The Hall–Kier alpha value is -1.03. The largest absolute Gasteiger partial charge is 0.328 e. The van der Waals surface area contributed by atoms with Crippen LogP contribution in [0.5, 0.6) is 0 Å². The molecule has 0 aromatic heterocycles. The molecule has 0 aromatic rings. The van der Waals surface area contributed by atoms with Crippen molar-refractivity contribution < 1.29 is 13.6 Å². The molecule has 0 heterocycles.